The number of hydrogen-bond acceptors (Lipinski definition) is 6. The molecule has 0 radical (unpaired) electrons. The molecule has 2 heterocycles. The van der Waals surface area contributed by atoms with Crippen LogP contribution in [0.5, 0.6) is 0 Å². The summed E-state index contributed by atoms with van der Waals surface area (Å²) in [6.07, 6.45) is 1.28. The number of aromatic amines is 2. The average Bonchev–Trinajstić information content (AvgIpc) is 2.56. The molecule has 0 spiro atoms. The van der Waals surface area contributed by atoms with Crippen LogP contribution in [0.2, 0.25) is 0 Å². The van der Waals surface area contributed by atoms with Crippen molar-refractivity contribution < 1.29 is 4.79 Å². The summed E-state index contributed by atoms with van der Waals surface area (Å²) >= 11 is 0. The van der Waals surface area contributed by atoms with Crippen LogP contribution < -0.4 is 22.2 Å². The van der Waals surface area contributed by atoms with Gasteiger partial charge in [-0.25, -0.2) is 9.97 Å². The van der Waals surface area contributed by atoms with Crippen molar-refractivity contribution in [2.75, 3.05) is 5.73 Å². The first-order valence-corrected chi connectivity index (χ1v) is 8.16. The number of nitrogen functional groups attached to an aromatic ring is 1. The van der Waals surface area contributed by atoms with E-state index in [1.54, 1.807) is 24.3 Å². The summed E-state index contributed by atoms with van der Waals surface area (Å²) < 4.78 is 0. The minimum atomic E-state index is -0.435. The molecule has 0 bridgehead atoms. The number of anilines is 1. The van der Waals surface area contributed by atoms with E-state index in [1.807, 2.05) is 0 Å². The number of carbonyl (C=O) groups is 1. The summed E-state index contributed by atoms with van der Waals surface area (Å²) in [7, 11) is 0. The fourth-order valence-electron chi connectivity index (χ4n) is 3.13. The lowest BCUT2D eigenvalue weighted by atomic mass is 9.78. The molecule has 1 saturated carbocycles. The van der Waals surface area contributed by atoms with E-state index in [9.17, 15) is 14.4 Å². The lowest BCUT2D eigenvalue weighted by Crippen LogP contribution is -2.44. The minimum Gasteiger partial charge on any atom is -0.369 e. The molecule has 1 aliphatic rings. The fraction of sp³-hybridized carbons (Fsp3) is 0.235. The smallest absolute Gasteiger partial charge is 0.287 e. The summed E-state index contributed by atoms with van der Waals surface area (Å²) in [5.74, 6) is -0.309. The minimum absolute atomic E-state index is 0.0179. The predicted molar refractivity (Wildman–Crippen MR) is 94.9 cm³/mol. The molecule has 5 N–H and O–H groups in total. The van der Waals surface area contributed by atoms with Gasteiger partial charge in [0.2, 0.25) is 5.95 Å². The Balaban J connectivity index is 1.45. The number of H-pyrrole nitrogens is 2. The van der Waals surface area contributed by atoms with Crippen LogP contribution in [0, 0.1) is 0 Å². The Morgan fingerprint density at radius 3 is 2.69 bits per heavy atom. The van der Waals surface area contributed by atoms with Gasteiger partial charge in [-0.2, -0.15) is 0 Å². The average molecular weight is 352 g/mol. The van der Waals surface area contributed by atoms with Crippen molar-refractivity contribution >= 4 is 22.8 Å². The summed E-state index contributed by atoms with van der Waals surface area (Å²) in [4.78, 5) is 49.1. The Hall–Kier alpha value is -3.49. The van der Waals surface area contributed by atoms with Crippen molar-refractivity contribution in [1.29, 1.82) is 0 Å². The van der Waals surface area contributed by atoms with Gasteiger partial charge < -0.3 is 16.0 Å². The Bertz CT molecular complexity index is 1110. The quantitative estimate of drug-likeness (QED) is 0.532. The molecule has 0 atom stereocenters. The molecule has 9 nitrogen and oxygen atoms in total. The lowest BCUT2D eigenvalue weighted by Gasteiger charge is -2.35. The van der Waals surface area contributed by atoms with Gasteiger partial charge in [0.1, 0.15) is 0 Å². The number of nitrogens with one attached hydrogen (secondary N) is 3. The maximum absolute atomic E-state index is 12.4. The third kappa shape index (κ3) is 2.94. The molecule has 4 rings (SSSR count). The van der Waals surface area contributed by atoms with Crippen LogP contribution in [0.1, 0.15) is 35.1 Å². The summed E-state index contributed by atoms with van der Waals surface area (Å²) in [6, 6.07) is 8.17. The van der Waals surface area contributed by atoms with Crippen molar-refractivity contribution in [3.05, 3.63) is 62.6 Å². The van der Waals surface area contributed by atoms with E-state index in [4.69, 9.17) is 5.73 Å². The zero-order valence-electron chi connectivity index (χ0n) is 13.7. The predicted octanol–water partition coefficient (Wildman–Crippen LogP) is 0.265. The Labute approximate surface area is 146 Å². The molecule has 0 unspecified atom stereocenters. The summed E-state index contributed by atoms with van der Waals surface area (Å²) in [5.41, 5.74) is 5.99. The van der Waals surface area contributed by atoms with Crippen LogP contribution in [0.4, 0.5) is 5.95 Å². The Kier molecular flexibility index (Phi) is 3.76. The molecule has 1 aliphatic carbocycles. The van der Waals surface area contributed by atoms with Crippen LogP contribution in [0.3, 0.4) is 0 Å². The van der Waals surface area contributed by atoms with E-state index in [0.29, 0.717) is 29.4 Å². The van der Waals surface area contributed by atoms with Crippen LogP contribution in [-0.4, -0.2) is 31.9 Å². The normalized spacial score (nSPS) is 19.1. The largest absolute Gasteiger partial charge is 0.369 e. The highest BCUT2D eigenvalue weighted by molar-refractivity contribution is 5.92. The van der Waals surface area contributed by atoms with E-state index in [-0.39, 0.29) is 34.9 Å². The third-order valence-corrected chi connectivity index (χ3v) is 4.50. The van der Waals surface area contributed by atoms with Gasteiger partial charge in [-0.05, 0) is 25.0 Å². The molecule has 0 saturated heterocycles. The SMILES string of the molecule is Nc1nc(C2CC(NC(=O)c3nc4ccccc4c(=O)[nH]3)C2)cc(=O)[nH]1. The molecular formula is C17H16N6O3. The highest BCUT2D eigenvalue weighted by Gasteiger charge is 2.33. The molecule has 1 amide bonds. The maximum Gasteiger partial charge on any atom is 0.287 e. The molecule has 0 aliphatic heterocycles. The molecule has 1 aromatic carbocycles. The number of amides is 1. The van der Waals surface area contributed by atoms with Crippen LogP contribution in [0.25, 0.3) is 10.9 Å². The first-order chi connectivity index (χ1) is 12.5. The number of para-hydroxylation sites is 1. The standard InChI is InChI=1S/C17H16N6O3/c18-17-21-12(7-13(24)22-17)8-5-9(6-8)19-16(26)14-20-11-4-2-1-3-10(11)15(25)23-14/h1-4,7-9H,5-6H2,(H,19,26)(H,20,23,25)(H3,18,21,22,24). The first-order valence-electron chi connectivity index (χ1n) is 8.16. The second-order valence-electron chi connectivity index (χ2n) is 6.33. The number of nitrogens with zero attached hydrogens (tertiary/aromatic N) is 2. The Morgan fingerprint density at radius 2 is 1.92 bits per heavy atom. The van der Waals surface area contributed by atoms with Crippen molar-refractivity contribution in [3.8, 4) is 0 Å². The number of benzene rings is 1. The van der Waals surface area contributed by atoms with E-state index in [0.717, 1.165) is 0 Å². The zero-order valence-corrected chi connectivity index (χ0v) is 13.7. The second kappa shape index (κ2) is 6.10. The van der Waals surface area contributed by atoms with Gasteiger partial charge in [-0.1, -0.05) is 12.1 Å². The maximum atomic E-state index is 12.4. The number of nitrogens with two attached hydrogens (primary N) is 1. The molecule has 3 aromatic rings. The number of aromatic nitrogens is 4. The van der Waals surface area contributed by atoms with Gasteiger partial charge in [0.15, 0.2) is 5.82 Å². The van der Waals surface area contributed by atoms with E-state index in [1.165, 1.54) is 6.07 Å². The van der Waals surface area contributed by atoms with Gasteiger partial charge >= 0.3 is 0 Å². The van der Waals surface area contributed by atoms with E-state index >= 15 is 0 Å². The molecule has 2 aromatic heterocycles. The van der Waals surface area contributed by atoms with Crippen LogP contribution in [-0.2, 0) is 0 Å². The summed E-state index contributed by atoms with van der Waals surface area (Å²) in [5, 5.41) is 3.27. The van der Waals surface area contributed by atoms with Crippen LogP contribution in [0.15, 0.2) is 39.9 Å². The molecular weight excluding hydrogens is 336 g/mol. The van der Waals surface area contributed by atoms with Crippen molar-refractivity contribution in [1.82, 2.24) is 25.3 Å². The fourth-order valence-corrected chi connectivity index (χ4v) is 3.13. The highest BCUT2D eigenvalue weighted by atomic mass is 16.2. The van der Waals surface area contributed by atoms with Gasteiger partial charge in [0, 0.05) is 18.0 Å². The molecule has 9 heteroatoms. The van der Waals surface area contributed by atoms with Gasteiger partial charge in [-0.3, -0.25) is 19.4 Å². The number of hydrogen-bond donors (Lipinski definition) is 4. The first kappa shape index (κ1) is 16.0. The van der Waals surface area contributed by atoms with E-state index in [2.05, 4.69) is 25.3 Å². The van der Waals surface area contributed by atoms with Gasteiger partial charge in [0.25, 0.3) is 17.0 Å². The molecule has 1 fully saturated rings. The molecule has 132 valence electrons. The highest BCUT2D eigenvalue weighted by Crippen LogP contribution is 2.35. The second-order valence-corrected chi connectivity index (χ2v) is 6.33. The monoisotopic (exact) mass is 352 g/mol. The molecule has 26 heavy (non-hydrogen) atoms. The van der Waals surface area contributed by atoms with Crippen molar-refractivity contribution in [2.24, 2.45) is 0 Å². The topological polar surface area (TPSA) is 147 Å². The summed E-state index contributed by atoms with van der Waals surface area (Å²) in [6.45, 7) is 0. The number of fused-ring (bicyclic) bond motifs is 1. The third-order valence-electron chi connectivity index (χ3n) is 4.50. The number of rotatable bonds is 3. The lowest BCUT2D eigenvalue weighted by molar-refractivity contribution is 0.0897. The van der Waals surface area contributed by atoms with E-state index < -0.39 is 5.91 Å². The van der Waals surface area contributed by atoms with Crippen molar-refractivity contribution in [2.45, 2.75) is 24.8 Å². The van der Waals surface area contributed by atoms with Crippen molar-refractivity contribution in [3.63, 3.8) is 0 Å². The number of carbonyl (C=O) groups excluding carboxylic acids is 1. The van der Waals surface area contributed by atoms with Gasteiger partial charge in [-0.15, -0.1) is 0 Å². The van der Waals surface area contributed by atoms with Gasteiger partial charge in [0.05, 0.1) is 16.6 Å². The Morgan fingerprint density at radius 1 is 1.15 bits per heavy atom. The van der Waals surface area contributed by atoms with Crippen LogP contribution >= 0.6 is 0 Å². The zero-order chi connectivity index (χ0) is 18.3.